The Balaban J connectivity index is 1.60. The van der Waals surface area contributed by atoms with Crippen LogP contribution >= 0.6 is 0 Å². The van der Waals surface area contributed by atoms with Crippen molar-refractivity contribution >= 4 is 11.6 Å². The highest BCUT2D eigenvalue weighted by Crippen LogP contribution is 2.33. The van der Waals surface area contributed by atoms with Gasteiger partial charge in [-0.2, -0.15) is 5.10 Å². The van der Waals surface area contributed by atoms with Crippen molar-refractivity contribution in [2.45, 2.75) is 32.4 Å². The van der Waals surface area contributed by atoms with E-state index in [1.807, 2.05) is 19.1 Å². The van der Waals surface area contributed by atoms with Crippen LogP contribution in [-0.4, -0.2) is 53.7 Å². The molecule has 1 saturated heterocycles. The maximum Gasteiger partial charge on any atom is 0.257 e. The number of nitrogens with one attached hydrogen (secondary N) is 1. The average molecular weight is 394 g/mol. The highest BCUT2D eigenvalue weighted by Gasteiger charge is 2.34. The van der Waals surface area contributed by atoms with E-state index in [9.17, 15) is 9.18 Å². The van der Waals surface area contributed by atoms with Crippen molar-refractivity contribution in [2.24, 2.45) is 5.10 Å². The minimum Gasteiger partial charge on any atom is -0.314 e. The van der Waals surface area contributed by atoms with Crippen LogP contribution in [0.2, 0.25) is 0 Å². The first-order valence-corrected chi connectivity index (χ1v) is 10.2. The molecule has 2 unspecified atom stereocenters. The van der Waals surface area contributed by atoms with Gasteiger partial charge in [0.25, 0.3) is 5.91 Å². The Morgan fingerprint density at radius 2 is 1.90 bits per heavy atom. The number of amides is 1. The van der Waals surface area contributed by atoms with Crippen LogP contribution in [-0.2, 0) is 4.79 Å². The molecule has 0 aliphatic carbocycles. The van der Waals surface area contributed by atoms with E-state index in [1.165, 1.54) is 17.7 Å². The molecule has 4 rings (SSSR count). The van der Waals surface area contributed by atoms with E-state index < -0.39 is 0 Å². The molecule has 2 aliphatic heterocycles. The third kappa shape index (κ3) is 4.38. The van der Waals surface area contributed by atoms with Crippen molar-refractivity contribution < 1.29 is 9.18 Å². The summed E-state index contributed by atoms with van der Waals surface area (Å²) in [6.07, 6.45) is 0.623. The maximum atomic E-state index is 13.4. The van der Waals surface area contributed by atoms with Gasteiger partial charge < -0.3 is 5.32 Å². The largest absolute Gasteiger partial charge is 0.314 e. The SMILES string of the molecule is Cc1ccc(C2=NN(C(=O)CN3CCNCC3C)C(c3ccc(F)cc3)C2)cc1. The van der Waals surface area contributed by atoms with Gasteiger partial charge in [0.1, 0.15) is 5.82 Å². The molecule has 2 heterocycles. The van der Waals surface area contributed by atoms with Gasteiger partial charge in [0, 0.05) is 32.1 Å². The molecule has 2 aliphatic rings. The lowest BCUT2D eigenvalue weighted by atomic mass is 9.98. The second-order valence-electron chi connectivity index (χ2n) is 7.95. The number of nitrogens with zero attached hydrogens (tertiary/aromatic N) is 3. The molecule has 1 fully saturated rings. The molecule has 1 N–H and O–H groups in total. The Kier molecular flexibility index (Phi) is 5.74. The minimum absolute atomic E-state index is 0.0183. The lowest BCUT2D eigenvalue weighted by molar-refractivity contribution is -0.135. The topological polar surface area (TPSA) is 47.9 Å². The Bertz CT molecular complexity index is 894. The summed E-state index contributed by atoms with van der Waals surface area (Å²) >= 11 is 0. The Labute approximate surface area is 171 Å². The highest BCUT2D eigenvalue weighted by atomic mass is 19.1. The molecule has 29 heavy (non-hydrogen) atoms. The van der Waals surface area contributed by atoms with E-state index in [0.717, 1.165) is 36.5 Å². The predicted octanol–water partition coefficient (Wildman–Crippen LogP) is 3.11. The van der Waals surface area contributed by atoms with E-state index in [1.54, 1.807) is 17.1 Å². The maximum absolute atomic E-state index is 13.4. The van der Waals surface area contributed by atoms with Crippen molar-refractivity contribution in [1.82, 2.24) is 15.2 Å². The molecule has 0 spiro atoms. The summed E-state index contributed by atoms with van der Waals surface area (Å²) in [7, 11) is 0. The van der Waals surface area contributed by atoms with Gasteiger partial charge in [0.15, 0.2) is 0 Å². The standard InChI is InChI=1S/C23H27FN4O/c1-16-3-5-18(6-4-16)21-13-22(19-7-9-20(24)10-8-19)28(26-21)23(29)15-27-12-11-25-14-17(27)2/h3-10,17,22,25H,11-15H2,1-2H3. The minimum atomic E-state index is -0.279. The summed E-state index contributed by atoms with van der Waals surface area (Å²) in [5.41, 5.74) is 4.00. The van der Waals surface area contributed by atoms with Crippen LogP contribution in [0.15, 0.2) is 53.6 Å². The summed E-state index contributed by atoms with van der Waals surface area (Å²) in [6.45, 7) is 7.12. The molecule has 0 saturated carbocycles. The average Bonchev–Trinajstić information content (AvgIpc) is 3.16. The van der Waals surface area contributed by atoms with E-state index in [2.05, 4.69) is 29.3 Å². The van der Waals surface area contributed by atoms with Crippen molar-refractivity contribution in [3.8, 4) is 0 Å². The fourth-order valence-electron chi connectivity index (χ4n) is 3.97. The van der Waals surface area contributed by atoms with Gasteiger partial charge in [-0.15, -0.1) is 0 Å². The third-order valence-corrected chi connectivity index (χ3v) is 5.78. The normalized spacial score (nSPS) is 22.6. The highest BCUT2D eigenvalue weighted by molar-refractivity contribution is 6.03. The van der Waals surface area contributed by atoms with Gasteiger partial charge in [0.2, 0.25) is 0 Å². The molecule has 6 heteroatoms. The van der Waals surface area contributed by atoms with E-state index in [4.69, 9.17) is 5.10 Å². The van der Waals surface area contributed by atoms with Crippen molar-refractivity contribution in [2.75, 3.05) is 26.2 Å². The molecule has 0 radical (unpaired) electrons. The number of carbonyl (C=O) groups excluding carboxylic acids is 1. The van der Waals surface area contributed by atoms with Gasteiger partial charge in [-0.05, 0) is 37.1 Å². The first-order valence-electron chi connectivity index (χ1n) is 10.2. The number of benzene rings is 2. The van der Waals surface area contributed by atoms with E-state index in [0.29, 0.717) is 19.0 Å². The summed E-state index contributed by atoms with van der Waals surface area (Å²) in [4.78, 5) is 15.4. The van der Waals surface area contributed by atoms with Crippen LogP contribution < -0.4 is 5.32 Å². The number of hydrogen-bond donors (Lipinski definition) is 1. The smallest absolute Gasteiger partial charge is 0.257 e. The van der Waals surface area contributed by atoms with Gasteiger partial charge >= 0.3 is 0 Å². The zero-order valence-electron chi connectivity index (χ0n) is 16.9. The first-order chi connectivity index (χ1) is 14.0. The molecule has 1 amide bonds. The monoisotopic (exact) mass is 394 g/mol. The number of carbonyl (C=O) groups is 1. The van der Waals surface area contributed by atoms with Gasteiger partial charge in [-0.1, -0.05) is 42.0 Å². The van der Waals surface area contributed by atoms with Crippen LogP contribution in [0.3, 0.4) is 0 Å². The molecular formula is C23H27FN4O. The molecule has 0 aromatic heterocycles. The van der Waals surface area contributed by atoms with Crippen molar-refractivity contribution in [3.63, 3.8) is 0 Å². The Morgan fingerprint density at radius 3 is 2.59 bits per heavy atom. The van der Waals surface area contributed by atoms with Crippen LogP contribution in [0.1, 0.15) is 36.1 Å². The summed E-state index contributed by atoms with van der Waals surface area (Å²) < 4.78 is 13.4. The second-order valence-corrected chi connectivity index (χ2v) is 7.95. The molecule has 152 valence electrons. The lowest BCUT2D eigenvalue weighted by Gasteiger charge is -2.34. The Morgan fingerprint density at radius 1 is 1.17 bits per heavy atom. The third-order valence-electron chi connectivity index (χ3n) is 5.78. The van der Waals surface area contributed by atoms with Gasteiger partial charge in [0.05, 0.1) is 18.3 Å². The van der Waals surface area contributed by atoms with Crippen molar-refractivity contribution in [3.05, 3.63) is 71.0 Å². The molecule has 2 atom stereocenters. The first kappa shape index (κ1) is 19.7. The number of hydrogen-bond acceptors (Lipinski definition) is 4. The van der Waals surface area contributed by atoms with Gasteiger partial charge in [-0.3, -0.25) is 9.69 Å². The quantitative estimate of drug-likeness (QED) is 0.867. The summed E-state index contributed by atoms with van der Waals surface area (Å²) in [5, 5.41) is 9.68. The zero-order valence-corrected chi connectivity index (χ0v) is 16.9. The zero-order chi connectivity index (χ0) is 20.4. The fourth-order valence-corrected chi connectivity index (χ4v) is 3.97. The fraction of sp³-hybridized carbons (Fsp3) is 0.391. The Hall–Kier alpha value is -2.57. The van der Waals surface area contributed by atoms with Crippen molar-refractivity contribution in [1.29, 1.82) is 0 Å². The number of halogens is 1. The number of piperazine rings is 1. The van der Waals surface area contributed by atoms with E-state index in [-0.39, 0.29) is 17.8 Å². The molecule has 5 nitrogen and oxygen atoms in total. The molecule has 2 aromatic rings. The summed E-state index contributed by atoms with van der Waals surface area (Å²) in [5.74, 6) is -0.297. The number of hydrazone groups is 1. The molecule has 2 aromatic carbocycles. The number of rotatable bonds is 4. The predicted molar refractivity (Wildman–Crippen MR) is 112 cm³/mol. The van der Waals surface area contributed by atoms with Crippen LogP contribution in [0, 0.1) is 12.7 Å². The lowest BCUT2D eigenvalue weighted by Crippen LogP contribution is -2.52. The molecule has 0 bridgehead atoms. The van der Waals surface area contributed by atoms with Gasteiger partial charge in [-0.25, -0.2) is 9.40 Å². The number of aryl methyl sites for hydroxylation is 1. The molecular weight excluding hydrogens is 367 g/mol. The van der Waals surface area contributed by atoms with E-state index >= 15 is 0 Å². The van der Waals surface area contributed by atoms with Crippen LogP contribution in [0.25, 0.3) is 0 Å². The summed E-state index contributed by atoms with van der Waals surface area (Å²) in [6, 6.07) is 14.7. The second kappa shape index (κ2) is 8.43. The van der Waals surface area contributed by atoms with Crippen LogP contribution in [0.5, 0.6) is 0 Å². The van der Waals surface area contributed by atoms with Crippen LogP contribution in [0.4, 0.5) is 4.39 Å².